The molecule has 2 amide bonds. The van der Waals surface area contributed by atoms with Crippen LogP contribution in [0, 0.1) is 0 Å². The minimum absolute atomic E-state index is 0.129. The van der Waals surface area contributed by atoms with Crippen LogP contribution in [-0.4, -0.2) is 54.1 Å². The molecule has 0 spiro atoms. The molecule has 1 aliphatic heterocycles. The SMILES string of the molecule is COc1cc(OC)cc(C(=O)N2CSCC2C(=O)NC(C)(C)C)c1. The molecule has 1 atom stereocenters. The van der Waals surface area contributed by atoms with Gasteiger partial charge in [0.05, 0.1) is 20.1 Å². The van der Waals surface area contributed by atoms with Gasteiger partial charge >= 0.3 is 0 Å². The van der Waals surface area contributed by atoms with Crippen LogP contribution < -0.4 is 14.8 Å². The molecule has 132 valence electrons. The summed E-state index contributed by atoms with van der Waals surface area (Å²) in [5.41, 5.74) is 0.111. The molecule has 6 nitrogen and oxygen atoms in total. The third-order valence-electron chi connectivity index (χ3n) is 3.54. The van der Waals surface area contributed by atoms with Crippen molar-refractivity contribution in [3.05, 3.63) is 23.8 Å². The van der Waals surface area contributed by atoms with E-state index in [1.807, 2.05) is 20.8 Å². The standard InChI is InChI=1S/C17H24N2O4S/c1-17(2,3)18-15(20)14-9-24-10-19(14)16(21)11-6-12(22-4)8-13(7-11)23-5/h6-8,14H,9-10H2,1-5H3,(H,18,20). The number of methoxy groups -OCH3 is 2. The molecule has 1 aliphatic rings. The van der Waals surface area contributed by atoms with Gasteiger partial charge in [-0.3, -0.25) is 9.59 Å². The van der Waals surface area contributed by atoms with Crippen molar-refractivity contribution >= 4 is 23.6 Å². The smallest absolute Gasteiger partial charge is 0.255 e. The van der Waals surface area contributed by atoms with Gasteiger partial charge in [-0.25, -0.2) is 0 Å². The fraction of sp³-hybridized carbons (Fsp3) is 0.529. The number of nitrogens with zero attached hydrogens (tertiary/aromatic N) is 1. The molecule has 1 aromatic carbocycles. The number of amides is 2. The summed E-state index contributed by atoms with van der Waals surface area (Å²) in [7, 11) is 3.07. The number of hydrogen-bond donors (Lipinski definition) is 1. The minimum Gasteiger partial charge on any atom is -0.497 e. The lowest BCUT2D eigenvalue weighted by Gasteiger charge is -2.27. The number of nitrogens with one attached hydrogen (secondary N) is 1. The Morgan fingerprint density at radius 2 is 1.75 bits per heavy atom. The first-order valence-electron chi connectivity index (χ1n) is 7.69. The molecule has 0 saturated carbocycles. The molecule has 7 heteroatoms. The van der Waals surface area contributed by atoms with E-state index in [-0.39, 0.29) is 17.4 Å². The Bertz CT molecular complexity index is 605. The van der Waals surface area contributed by atoms with Crippen molar-refractivity contribution in [1.82, 2.24) is 10.2 Å². The normalized spacial score (nSPS) is 17.5. The molecule has 1 unspecified atom stereocenters. The van der Waals surface area contributed by atoms with Gasteiger partial charge in [-0.1, -0.05) is 0 Å². The van der Waals surface area contributed by atoms with Crippen molar-refractivity contribution in [2.75, 3.05) is 25.8 Å². The molecule has 1 N–H and O–H groups in total. The second-order valence-corrected chi connectivity index (χ2v) is 7.63. The second-order valence-electron chi connectivity index (χ2n) is 6.63. The summed E-state index contributed by atoms with van der Waals surface area (Å²) in [5.74, 6) is 1.83. The Labute approximate surface area is 146 Å². The predicted molar refractivity (Wildman–Crippen MR) is 94.7 cm³/mol. The van der Waals surface area contributed by atoms with Crippen LogP contribution in [0.3, 0.4) is 0 Å². The Hall–Kier alpha value is -1.89. The minimum atomic E-state index is -0.473. The molecule has 0 radical (unpaired) electrons. The average Bonchev–Trinajstić information content (AvgIpc) is 3.01. The van der Waals surface area contributed by atoms with Crippen LogP contribution in [-0.2, 0) is 4.79 Å². The summed E-state index contributed by atoms with van der Waals surface area (Å²) in [4.78, 5) is 27.0. The number of benzene rings is 1. The zero-order valence-electron chi connectivity index (χ0n) is 14.7. The third kappa shape index (κ3) is 4.35. The highest BCUT2D eigenvalue weighted by Gasteiger charge is 2.36. The Kier molecular flexibility index (Phi) is 5.64. The van der Waals surface area contributed by atoms with Gasteiger partial charge in [0.15, 0.2) is 0 Å². The van der Waals surface area contributed by atoms with Crippen molar-refractivity contribution < 1.29 is 19.1 Å². The lowest BCUT2D eigenvalue weighted by atomic mass is 10.1. The van der Waals surface area contributed by atoms with E-state index >= 15 is 0 Å². The highest BCUT2D eigenvalue weighted by Crippen LogP contribution is 2.28. The monoisotopic (exact) mass is 352 g/mol. The zero-order valence-corrected chi connectivity index (χ0v) is 15.5. The maximum absolute atomic E-state index is 12.9. The second kappa shape index (κ2) is 7.34. The lowest BCUT2D eigenvalue weighted by Crippen LogP contribution is -2.52. The summed E-state index contributed by atoms with van der Waals surface area (Å²) in [6.07, 6.45) is 0. The van der Waals surface area contributed by atoms with Gasteiger partial charge in [0.1, 0.15) is 17.5 Å². The Balaban J connectivity index is 2.23. The summed E-state index contributed by atoms with van der Waals surface area (Å²) >= 11 is 1.57. The highest BCUT2D eigenvalue weighted by atomic mass is 32.2. The van der Waals surface area contributed by atoms with E-state index in [2.05, 4.69) is 5.32 Å². The average molecular weight is 352 g/mol. The molecular formula is C17H24N2O4S. The van der Waals surface area contributed by atoms with E-state index in [1.54, 1.807) is 34.9 Å². The number of carbonyl (C=O) groups excluding carboxylic acids is 2. The van der Waals surface area contributed by atoms with Crippen LogP contribution in [0.5, 0.6) is 11.5 Å². The van der Waals surface area contributed by atoms with E-state index in [0.717, 1.165) is 0 Å². The van der Waals surface area contributed by atoms with E-state index < -0.39 is 6.04 Å². The zero-order chi connectivity index (χ0) is 17.9. The summed E-state index contributed by atoms with van der Waals surface area (Å²) in [5, 5.41) is 2.95. The van der Waals surface area contributed by atoms with E-state index in [0.29, 0.717) is 28.7 Å². The van der Waals surface area contributed by atoms with Crippen LogP contribution >= 0.6 is 11.8 Å². The van der Waals surface area contributed by atoms with Crippen LogP contribution in [0.25, 0.3) is 0 Å². The van der Waals surface area contributed by atoms with Crippen molar-refractivity contribution in [2.24, 2.45) is 0 Å². The molecular weight excluding hydrogens is 328 g/mol. The summed E-state index contributed by atoms with van der Waals surface area (Å²) < 4.78 is 10.4. The fourth-order valence-corrected chi connectivity index (χ4v) is 3.56. The molecule has 1 saturated heterocycles. The first-order valence-corrected chi connectivity index (χ1v) is 8.84. The first kappa shape index (κ1) is 18.4. The largest absolute Gasteiger partial charge is 0.497 e. The summed E-state index contributed by atoms with van der Waals surface area (Å²) in [6, 6.07) is 4.55. The van der Waals surface area contributed by atoms with Gasteiger partial charge < -0.3 is 19.7 Å². The molecule has 0 bridgehead atoms. The third-order valence-corrected chi connectivity index (χ3v) is 4.55. The van der Waals surface area contributed by atoms with Gasteiger partial charge in [0.25, 0.3) is 5.91 Å². The van der Waals surface area contributed by atoms with Crippen LogP contribution in [0.4, 0.5) is 0 Å². The molecule has 1 fully saturated rings. The molecule has 0 aromatic heterocycles. The van der Waals surface area contributed by atoms with Gasteiger partial charge in [-0.05, 0) is 32.9 Å². The van der Waals surface area contributed by atoms with E-state index in [1.165, 1.54) is 14.2 Å². The Morgan fingerprint density at radius 1 is 1.17 bits per heavy atom. The van der Waals surface area contributed by atoms with Crippen molar-refractivity contribution in [1.29, 1.82) is 0 Å². The number of thioether (sulfide) groups is 1. The molecule has 1 aromatic rings. The van der Waals surface area contributed by atoms with Crippen LogP contribution in [0.1, 0.15) is 31.1 Å². The van der Waals surface area contributed by atoms with Gasteiger partial charge in [-0.2, -0.15) is 0 Å². The number of carbonyl (C=O) groups is 2. The number of ether oxygens (including phenoxy) is 2. The summed E-state index contributed by atoms with van der Waals surface area (Å²) in [6.45, 7) is 5.77. The number of hydrogen-bond acceptors (Lipinski definition) is 5. The number of rotatable bonds is 4. The lowest BCUT2D eigenvalue weighted by molar-refractivity contribution is -0.125. The quantitative estimate of drug-likeness (QED) is 0.899. The van der Waals surface area contributed by atoms with Crippen molar-refractivity contribution in [2.45, 2.75) is 32.4 Å². The molecule has 0 aliphatic carbocycles. The molecule has 24 heavy (non-hydrogen) atoms. The highest BCUT2D eigenvalue weighted by molar-refractivity contribution is 7.99. The van der Waals surface area contributed by atoms with Gasteiger partial charge in [0.2, 0.25) is 5.91 Å². The topological polar surface area (TPSA) is 67.9 Å². The molecule has 2 rings (SSSR count). The van der Waals surface area contributed by atoms with Crippen LogP contribution in [0.15, 0.2) is 18.2 Å². The predicted octanol–water partition coefficient (Wildman–Crippen LogP) is 2.13. The Morgan fingerprint density at radius 3 is 2.25 bits per heavy atom. The molecule has 1 heterocycles. The maximum Gasteiger partial charge on any atom is 0.255 e. The first-order chi connectivity index (χ1) is 11.2. The van der Waals surface area contributed by atoms with Gasteiger partial charge in [0, 0.05) is 22.9 Å². The van der Waals surface area contributed by atoms with E-state index in [9.17, 15) is 9.59 Å². The van der Waals surface area contributed by atoms with Crippen molar-refractivity contribution in [3.8, 4) is 11.5 Å². The van der Waals surface area contributed by atoms with E-state index in [4.69, 9.17) is 9.47 Å². The fourth-order valence-electron chi connectivity index (χ4n) is 2.41. The van der Waals surface area contributed by atoms with Crippen LogP contribution in [0.2, 0.25) is 0 Å². The van der Waals surface area contributed by atoms with Crippen molar-refractivity contribution in [3.63, 3.8) is 0 Å². The van der Waals surface area contributed by atoms with Gasteiger partial charge in [-0.15, -0.1) is 11.8 Å². The maximum atomic E-state index is 12.9.